The molecular formula is C15H25N3S. The summed E-state index contributed by atoms with van der Waals surface area (Å²) in [5.41, 5.74) is 6.36. The number of nitrogens with zero attached hydrogens (tertiary/aromatic N) is 2. The molecular weight excluding hydrogens is 254 g/mol. The number of hydrogen-bond acceptors (Lipinski definition) is 4. The first kappa shape index (κ1) is 13.6. The zero-order valence-electron chi connectivity index (χ0n) is 11.8. The molecule has 2 N–H and O–H groups in total. The molecule has 19 heavy (non-hydrogen) atoms. The quantitative estimate of drug-likeness (QED) is 0.921. The van der Waals surface area contributed by atoms with Gasteiger partial charge in [-0.3, -0.25) is 9.80 Å². The third kappa shape index (κ3) is 3.02. The van der Waals surface area contributed by atoms with Crippen molar-refractivity contribution in [3.63, 3.8) is 0 Å². The van der Waals surface area contributed by atoms with Crippen molar-refractivity contribution < 1.29 is 0 Å². The second-order valence-corrected chi connectivity index (χ2v) is 7.05. The van der Waals surface area contributed by atoms with E-state index in [1.807, 2.05) is 0 Å². The summed E-state index contributed by atoms with van der Waals surface area (Å²) in [6.07, 6.45) is 4.16. The second kappa shape index (κ2) is 5.92. The second-order valence-electron chi connectivity index (χ2n) is 6.07. The Morgan fingerprint density at radius 3 is 3.11 bits per heavy atom. The lowest BCUT2D eigenvalue weighted by Gasteiger charge is -2.48. The fourth-order valence-corrected chi connectivity index (χ4v) is 4.23. The van der Waals surface area contributed by atoms with Crippen molar-refractivity contribution in [1.29, 1.82) is 0 Å². The normalized spacial score (nSPS) is 31.1. The van der Waals surface area contributed by atoms with E-state index in [2.05, 4.69) is 34.2 Å². The van der Waals surface area contributed by atoms with E-state index >= 15 is 0 Å². The maximum Gasteiger partial charge on any atom is 0.0519 e. The standard InChI is InChI=1S/C15H25N3S/c1-12-9-17-7-3-2-5-13(17)10-18(12)11-14(16)15-6-4-8-19-15/h4,6,8,12-14H,2-3,5,7,9-11,16H2,1H3. The predicted molar refractivity (Wildman–Crippen MR) is 81.5 cm³/mol. The highest BCUT2D eigenvalue weighted by atomic mass is 32.1. The van der Waals surface area contributed by atoms with Gasteiger partial charge in [-0.25, -0.2) is 0 Å². The summed E-state index contributed by atoms with van der Waals surface area (Å²) in [6, 6.07) is 5.86. The predicted octanol–water partition coefficient (Wildman–Crippen LogP) is 2.31. The number of nitrogens with two attached hydrogens (primary N) is 1. The van der Waals surface area contributed by atoms with Crippen molar-refractivity contribution in [2.75, 3.05) is 26.2 Å². The third-order valence-corrected chi connectivity index (χ3v) is 5.66. The van der Waals surface area contributed by atoms with Gasteiger partial charge >= 0.3 is 0 Å². The van der Waals surface area contributed by atoms with Crippen LogP contribution in [0.15, 0.2) is 17.5 Å². The largest absolute Gasteiger partial charge is 0.322 e. The maximum absolute atomic E-state index is 6.36. The Balaban J connectivity index is 1.61. The Morgan fingerprint density at radius 2 is 2.32 bits per heavy atom. The van der Waals surface area contributed by atoms with Gasteiger partial charge in [-0.1, -0.05) is 12.5 Å². The molecule has 106 valence electrons. The molecule has 1 aromatic rings. The number of fused-ring (bicyclic) bond motifs is 1. The van der Waals surface area contributed by atoms with E-state index in [9.17, 15) is 0 Å². The molecule has 2 saturated heterocycles. The number of piperidine rings is 1. The zero-order valence-corrected chi connectivity index (χ0v) is 12.6. The van der Waals surface area contributed by atoms with E-state index < -0.39 is 0 Å². The maximum atomic E-state index is 6.36. The van der Waals surface area contributed by atoms with Crippen LogP contribution in [0.4, 0.5) is 0 Å². The van der Waals surface area contributed by atoms with Crippen LogP contribution in [0, 0.1) is 0 Å². The lowest BCUT2D eigenvalue weighted by molar-refractivity contribution is 0.0127. The van der Waals surface area contributed by atoms with Gasteiger partial charge < -0.3 is 5.73 Å². The molecule has 3 atom stereocenters. The summed E-state index contributed by atoms with van der Waals surface area (Å²) in [5.74, 6) is 0. The summed E-state index contributed by atoms with van der Waals surface area (Å²) in [7, 11) is 0. The SMILES string of the molecule is CC1CN2CCCCC2CN1CC(N)c1cccs1. The van der Waals surface area contributed by atoms with Crippen LogP contribution in [0.25, 0.3) is 0 Å². The average molecular weight is 279 g/mol. The van der Waals surface area contributed by atoms with Gasteiger partial charge in [0.2, 0.25) is 0 Å². The van der Waals surface area contributed by atoms with Crippen molar-refractivity contribution >= 4 is 11.3 Å². The molecule has 3 unspecified atom stereocenters. The first-order valence-corrected chi connectivity index (χ1v) is 8.39. The molecule has 0 bridgehead atoms. The van der Waals surface area contributed by atoms with Gasteiger partial charge in [0.05, 0.1) is 6.04 Å². The number of rotatable bonds is 3. The lowest BCUT2D eigenvalue weighted by Crippen LogP contribution is -2.59. The summed E-state index contributed by atoms with van der Waals surface area (Å²) in [4.78, 5) is 6.62. The van der Waals surface area contributed by atoms with Gasteiger partial charge in [-0.15, -0.1) is 11.3 Å². The first-order chi connectivity index (χ1) is 9.24. The first-order valence-electron chi connectivity index (χ1n) is 7.51. The Labute approximate surface area is 120 Å². The smallest absolute Gasteiger partial charge is 0.0519 e. The molecule has 3 heterocycles. The van der Waals surface area contributed by atoms with Crippen LogP contribution in [0.5, 0.6) is 0 Å². The van der Waals surface area contributed by atoms with Gasteiger partial charge in [0.15, 0.2) is 0 Å². The van der Waals surface area contributed by atoms with Gasteiger partial charge in [-0.2, -0.15) is 0 Å². The van der Waals surface area contributed by atoms with Gasteiger partial charge in [-0.05, 0) is 37.8 Å². The minimum absolute atomic E-state index is 0.178. The van der Waals surface area contributed by atoms with Crippen LogP contribution in [-0.4, -0.2) is 48.1 Å². The van der Waals surface area contributed by atoms with Crippen LogP contribution in [0.3, 0.4) is 0 Å². The highest BCUT2D eigenvalue weighted by molar-refractivity contribution is 7.10. The van der Waals surface area contributed by atoms with Crippen molar-refractivity contribution in [2.45, 2.75) is 44.3 Å². The molecule has 0 aliphatic carbocycles. The van der Waals surface area contributed by atoms with Gasteiger partial charge in [0, 0.05) is 36.6 Å². The molecule has 0 spiro atoms. The summed E-state index contributed by atoms with van der Waals surface area (Å²) in [5, 5.41) is 2.12. The zero-order chi connectivity index (χ0) is 13.2. The Kier molecular flexibility index (Phi) is 4.22. The number of hydrogen-bond donors (Lipinski definition) is 1. The molecule has 0 aromatic carbocycles. The molecule has 2 aliphatic rings. The Bertz CT molecular complexity index is 392. The van der Waals surface area contributed by atoms with E-state index in [1.54, 1.807) is 11.3 Å². The van der Waals surface area contributed by atoms with Crippen LogP contribution in [-0.2, 0) is 0 Å². The van der Waals surface area contributed by atoms with E-state index in [0.29, 0.717) is 6.04 Å². The van der Waals surface area contributed by atoms with E-state index in [4.69, 9.17) is 5.73 Å². The molecule has 3 rings (SSSR count). The van der Waals surface area contributed by atoms with Crippen LogP contribution < -0.4 is 5.73 Å². The summed E-state index contributed by atoms with van der Waals surface area (Å²) < 4.78 is 0. The minimum Gasteiger partial charge on any atom is -0.322 e. The third-order valence-electron chi connectivity index (χ3n) is 4.66. The van der Waals surface area contributed by atoms with Crippen molar-refractivity contribution in [1.82, 2.24) is 9.80 Å². The lowest BCUT2D eigenvalue weighted by atomic mass is 9.97. The molecule has 2 aliphatic heterocycles. The van der Waals surface area contributed by atoms with Crippen LogP contribution in [0.1, 0.15) is 37.1 Å². The molecule has 0 amide bonds. The Morgan fingerprint density at radius 1 is 1.42 bits per heavy atom. The van der Waals surface area contributed by atoms with Crippen molar-refractivity contribution in [2.24, 2.45) is 5.73 Å². The molecule has 2 fully saturated rings. The van der Waals surface area contributed by atoms with Crippen molar-refractivity contribution in [3.8, 4) is 0 Å². The van der Waals surface area contributed by atoms with Gasteiger partial charge in [0.1, 0.15) is 0 Å². The van der Waals surface area contributed by atoms with E-state index in [1.165, 1.54) is 43.8 Å². The monoisotopic (exact) mass is 279 g/mol. The highest BCUT2D eigenvalue weighted by Gasteiger charge is 2.33. The molecule has 0 radical (unpaired) electrons. The molecule has 3 nitrogen and oxygen atoms in total. The number of piperazine rings is 1. The molecule has 0 saturated carbocycles. The van der Waals surface area contributed by atoms with Crippen LogP contribution in [0.2, 0.25) is 0 Å². The fraction of sp³-hybridized carbons (Fsp3) is 0.733. The van der Waals surface area contributed by atoms with E-state index in [-0.39, 0.29) is 6.04 Å². The van der Waals surface area contributed by atoms with Crippen molar-refractivity contribution in [3.05, 3.63) is 22.4 Å². The summed E-state index contributed by atoms with van der Waals surface area (Å²) >= 11 is 1.78. The Hall–Kier alpha value is -0.420. The fourth-order valence-electron chi connectivity index (χ4n) is 3.51. The summed E-state index contributed by atoms with van der Waals surface area (Å²) in [6.45, 7) is 7.10. The topological polar surface area (TPSA) is 32.5 Å². The molecule has 1 aromatic heterocycles. The molecule has 4 heteroatoms. The van der Waals surface area contributed by atoms with Gasteiger partial charge in [0.25, 0.3) is 0 Å². The number of thiophene rings is 1. The highest BCUT2D eigenvalue weighted by Crippen LogP contribution is 2.26. The minimum atomic E-state index is 0.178. The van der Waals surface area contributed by atoms with E-state index in [0.717, 1.165) is 12.6 Å². The average Bonchev–Trinajstić information content (AvgIpc) is 2.93. The van der Waals surface area contributed by atoms with Crippen LogP contribution >= 0.6 is 11.3 Å².